The van der Waals surface area contributed by atoms with Gasteiger partial charge in [-0.15, -0.1) is 0 Å². The second-order valence-corrected chi connectivity index (χ2v) is 10.0. The van der Waals surface area contributed by atoms with E-state index in [0.717, 1.165) is 33.5 Å². The van der Waals surface area contributed by atoms with E-state index in [0.29, 0.717) is 24.1 Å². The van der Waals surface area contributed by atoms with Gasteiger partial charge >= 0.3 is 5.97 Å². The van der Waals surface area contributed by atoms with E-state index in [-0.39, 0.29) is 5.91 Å². The molecule has 0 fully saturated rings. The van der Waals surface area contributed by atoms with E-state index in [1.54, 1.807) is 4.90 Å². The fourth-order valence-corrected chi connectivity index (χ4v) is 4.63. The monoisotopic (exact) mass is 475 g/mol. The van der Waals surface area contributed by atoms with Crippen molar-refractivity contribution < 1.29 is 23.8 Å². The Bertz CT molecular complexity index is 1270. The number of carbonyl (C=O) groups is 2. The molecule has 0 aromatic heterocycles. The van der Waals surface area contributed by atoms with Crippen molar-refractivity contribution in [1.29, 1.82) is 0 Å². The van der Waals surface area contributed by atoms with E-state index >= 15 is 0 Å². The molecule has 0 aliphatic carbocycles. The van der Waals surface area contributed by atoms with Crippen LogP contribution >= 0.6 is 0 Å². The summed E-state index contributed by atoms with van der Waals surface area (Å²) in [5.74, 6) is -1.68. The van der Waals surface area contributed by atoms with Gasteiger partial charge in [0, 0.05) is 23.4 Å². The van der Waals surface area contributed by atoms with E-state index in [9.17, 15) is 19.1 Å². The van der Waals surface area contributed by atoms with Crippen LogP contribution in [0.1, 0.15) is 59.5 Å². The molecular weight excluding hydrogens is 445 g/mol. The summed E-state index contributed by atoms with van der Waals surface area (Å²) < 4.78 is 19.5. The average molecular weight is 476 g/mol. The van der Waals surface area contributed by atoms with Crippen LogP contribution in [0.3, 0.4) is 0 Å². The number of carbonyl (C=O) groups excluding carboxylic acids is 1. The number of aliphatic carboxylic acids is 1. The molecule has 6 heteroatoms. The molecule has 3 aromatic rings. The highest BCUT2D eigenvalue weighted by atomic mass is 19.1. The van der Waals surface area contributed by atoms with Crippen LogP contribution < -0.4 is 4.90 Å². The number of fused-ring (bicyclic) bond motifs is 1. The Labute approximate surface area is 205 Å². The van der Waals surface area contributed by atoms with Gasteiger partial charge in [0.15, 0.2) is 6.10 Å². The quantitative estimate of drug-likeness (QED) is 0.473. The minimum atomic E-state index is -1.17. The summed E-state index contributed by atoms with van der Waals surface area (Å²) in [6.07, 6.45) is -0.598. The van der Waals surface area contributed by atoms with Gasteiger partial charge in [-0.05, 0) is 93.6 Å². The maximum absolute atomic E-state index is 13.4. The topological polar surface area (TPSA) is 66.8 Å². The third-order valence-corrected chi connectivity index (χ3v) is 6.17. The Kier molecular flexibility index (Phi) is 6.52. The van der Waals surface area contributed by atoms with E-state index < -0.39 is 23.5 Å². The molecule has 1 atom stereocenters. The van der Waals surface area contributed by atoms with Gasteiger partial charge < -0.3 is 14.7 Å². The van der Waals surface area contributed by atoms with Gasteiger partial charge in [-0.1, -0.05) is 29.8 Å². The first kappa shape index (κ1) is 24.6. The molecule has 0 saturated heterocycles. The lowest BCUT2D eigenvalue weighted by Crippen LogP contribution is -2.29. The zero-order chi connectivity index (χ0) is 25.5. The second kappa shape index (κ2) is 9.27. The lowest BCUT2D eigenvalue weighted by atomic mass is 9.86. The van der Waals surface area contributed by atoms with Gasteiger partial charge in [-0.25, -0.2) is 9.18 Å². The van der Waals surface area contributed by atoms with Crippen LogP contribution in [0.4, 0.5) is 10.1 Å². The Balaban J connectivity index is 1.92. The van der Waals surface area contributed by atoms with E-state index in [1.807, 2.05) is 65.0 Å². The predicted octanol–water partition coefficient (Wildman–Crippen LogP) is 6.25. The molecule has 1 amide bonds. The SMILES string of the molecule is Cc1ccc(-c2c3c(cc(C)c2[C@H](OC(C)(C)C)C(=O)O)N(C(=O)c2ccc(F)cc2)CC3)cc1. The second-order valence-electron chi connectivity index (χ2n) is 10.0. The molecular formula is C29H30FNO4. The molecule has 0 unspecified atom stereocenters. The number of amides is 1. The van der Waals surface area contributed by atoms with Crippen molar-refractivity contribution in [2.24, 2.45) is 0 Å². The summed E-state index contributed by atoms with van der Waals surface area (Å²) in [6.45, 7) is 9.80. The van der Waals surface area contributed by atoms with Crippen LogP contribution in [0, 0.1) is 19.7 Å². The van der Waals surface area contributed by atoms with Gasteiger partial charge in [0.1, 0.15) is 5.82 Å². The number of benzene rings is 3. The maximum Gasteiger partial charge on any atom is 0.337 e. The number of nitrogens with zero attached hydrogens (tertiary/aromatic N) is 1. The van der Waals surface area contributed by atoms with Gasteiger partial charge in [0.05, 0.1) is 5.60 Å². The number of aryl methyl sites for hydroxylation is 2. The number of carboxylic acids is 1. The summed E-state index contributed by atoms with van der Waals surface area (Å²) in [7, 11) is 0. The third kappa shape index (κ3) is 4.98. The number of halogens is 1. The van der Waals surface area contributed by atoms with Crippen LogP contribution in [-0.2, 0) is 16.0 Å². The van der Waals surface area contributed by atoms with E-state index in [1.165, 1.54) is 24.3 Å². The first-order valence-electron chi connectivity index (χ1n) is 11.7. The molecule has 3 aromatic carbocycles. The standard InChI is InChI=1S/C29H30FNO4/c1-17-6-8-19(9-7-17)25-22-14-15-31(27(32)20-10-12-21(30)13-11-20)23(22)16-18(2)24(25)26(28(33)34)35-29(3,4)5/h6-13,16,26H,14-15H2,1-5H3,(H,33,34)/t26-/m0/s1. The molecule has 1 aliphatic rings. The van der Waals surface area contributed by atoms with Gasteiger partial charge in [0.25, 0.3) is 5.91 Å². The first-order valence-corrected chi connectivity index (χ1v) is 11.7. The minimum Gasteiger partial charge on any atom is -0.479 e. The van der Waals surface area contributed by atoms with Gasteiger partial charge in [-0.3, -0.25) is 4.79 Å². The van der Waals surface area contributed by atoms with Gasteiger partial charge in [-0.2, -0.15) is 0 Å². The number of anilines is 1. The number of hydrogen-bond acceptors (Lipinski definition) is 3. The number of carboxylic acid groups (broad SMARTS) is 1. The van der Waals surface area contributed by atoms with E-state index in [2.05, 4.69) is 0 Å². The summed E-state index contributed by atoms with van der Waals surface area (Å²) in [4.78, 5) is 27.4. The smallest absolute Gasteiger partial charge is 0.337 e. The third-order valence-electron chi connectivity index (χ3n) is 6.17. The van der Waals surface area contributed by atoms with Crippen molar-refractivity contribution in [2.75, 3.05) is 11.4 Å². The number of rotatable bonds is 5. The summed E-state index contributed by atoms with van der Waals surface area (Å²) in [5, 5.41) is 10.2. The molecule has 1 N–H and O–H groups in total. The van der Waals surface area contributed by atoms with Crippen molar-refractivity contribution in [3.05, 3.63) is 88.2 Å². The van der Waals surface area contributed by atoms with Crippen molar-refractivity contribution in [2.45, 2.75) is 52.7 Å². The van der Waals surface area contributed by atoms with Crippen molar-refractivity contribution in [3.63, 3.8) is 0 Å². The maximum atomic E-state index is 13.4. The zero-order valence-corrected chi connectivity index (χ0v) is 20.7. The Morgan fingerprint density at radius 2 is 1.66 bits per heavy atom. The summed E-state index contributed by atoms with van der Waals surface area (Å²) >= 11 is 0. The van der Waals surface area contributed by atoms with Crippen LogP contribution in [-0.4, -0.2) is 29.1 Å². The zero-order valence-electron chi connectivity index (χ0n) is 20.7. The highest BCUT2D eigenvalue weighted by molar-refractivity contribution is 6.08. The summed E-state index contributed by atoms with van der Waals surface area (Å²) in [6, 6.07) is 15.3. The molecule has 0 radical (unpaired) electrons. The Morgan fingerprint density at radius 3 is 2.23 bits per heavy atom. The molecule has 0 saturated carbocycles. The van der Waals surface area contributed by atoms with E-state index in [4.69, 9.17) is 4.74 Å². The van der Waals surface area contributed by atoms with Crippen LogP contribution in [0.2, 0.25) is 0 Å². The van der Waals surface area contributed by atoms with Crippen molar-refractivity contribution in [1.82, 2.24) is 0 Å². The fraction of sp³-hybridized carbons (Fsp3) is 0.310. The van der Waals surface area contributed by atoms with Gasteiger partial charge in [0.2, 0.25) is 0 Å². The van der Waals surface area contributed by atoms with Crippen molar-refractivity contribution in [3.8, 4) is 11.1 Å². The average Bonchev–Trinajstić information content (AvgIpc) is 3.20. The molecule has 182 valence electrons. The lowest BCUT2D eigenvalue weighted by molar-refractivity contribution is -0.160. The number of hydrogen-bond donors (Lipinski definition) is 1. The molecule has 1 heterocycles. The normalized spacial score (nSPS) is 14.1. The fourth-order valence-electron chi connectivity index (χ4n) is 4.63. The first-order chi connectivity index (χ1) is 16.5. The Hall–Kier alpha value is -3.51. The molecule has 1 aliphatic heterocycles. The number of ether oxygens (including phenoxy) is 1. The minimum absolute atomic E-state index is 0.216. The highest BCUT2D eigenvalue weighted by Crippen LogP contribution is 2.44. The molecule has 35 heavy (non-hydrogen) atoms. The predicted molar refractivity (Wildman–Crippen MR) is 134 cm³/mol. The molecule has 0 bridgehead atoms. The molecule has 4 rings (SSSR count). The van der Waals surface area contributed by atoms with Crippen LogP contribution in [0.15, 0.2) is 54.6 Å². The van der Waals surface area contributed by atoms with Crippen LogP contribution in [0.25, 0.3) is 11.1 Å². The molecule has 5 nitrogen and oxygen atoms in total. The Morgan fingerprint density at radius 1 is 1.03 bits per heavy atom. The largest absolute Gasteiger partial charge is 0.479 e. The van der Waals surface area contributed by atoms with Crippen LogP contribution in [0.5, 0.6) is 0 Å². The molecule has 0 spiro atoms. The lowest BCUT2D eigenvalue weighted by Gasteiger charge is -2.29. The summed E-state index contributed by atoms with van der Waals surface area (Å²) in [5.41, 5.74) is 5.48. The highest BCUT2D eigenvalue weighted by Gasteiger charge is 2.36. The van der Waals surface area contributed by atoms with Crippen molar-refractivity contribution >= 4 is 17.6 Å².